The molecule has 116 valence electrons. The Labute approximate surface area is 130 Å². The van der Waals surface area contributed by atoms with Crippen LogP contribution in [0.1, 0.15) is 28.7 Å². The monoisotopic (exact) mass is 326 g/mol. The zero-order valence-electron chi connectivity index (χ0n) is 12.0. The Bertz CT molecular complexity index is 740. The van der Waals surface area contributed by atoms with Gasteiger partial charge in [0.1, 0.15) is 0 Å². The van der Waals surface area contributed by atoms with E-state index in [-0.39, 0.29) is 10.6 Å². The predicted molar refractivity (Wildman–Crippen MR) is 79.0 cm³/mol. The van der Waals surface area contributed by atoms with Crippen LogP contribution < -0.4 is 0 Å². The Balaban J connectivity index is 1.89. The van der Waals surface area contributed by atoms with Gasteiger partial charge in [0.2, 0.25) is 0 Å². The van der Waals surface area contributed by atoms with Crippen molar-refractivity contribution in [2.24, 2.45) is 0 Å². The van der Waals surface area contributed by atoms with Crippen molar-refractivity contribution in [1.29, 1.82) is 0 Å². The molecule has 0 saturated heterocycles. The summed E-state index contributed by atoms with van der Waals surface area (Å²) in [5.41, 5.74) is 2.68. The van der Waals surface area contributed by atoms with Crippen molar-refractivity contribution < 1.29 is 17.6 Å². The van der Waals surface area contributed by atoms with Crippen LogP contribution in [0.4, 0.5) is 17.6 Å². The van der Waals surface area contributed by atoms with Gasteiger partial charge in [0.05, 0.1) is 0 Å². The summed E-state index contributed by atoms with van der Waals surface area (Å²) in [5.74, 6) is -3.18. The highest BCUT2D eigenvalue weighted by Crippen LogP contribution is 2.38. The predicted octanol–water partition coefficient (Wildman–Crippen LogP) is 5.33. The van der Waals surface area contributed by atoms with Crippen molar-refractivity contribution >= 4 is 11.8 Å². The van der Waals surface area contributed by atoms with E-state index >= 15 is 0 Å². The summed E-state index contributed by atoms with van der Waals surface area (Å²) in [5, 5.41) is 0. The highest BCUT2D eigenvalue weighted by Gasteiger charge is 2.25. The number of fused-ring (bicyclic) bond motifs is 1. The molecule has 0 aliphatic heterocycles. The highest BCUT2D eigenvalue weighted by molar-refractivity contribution is 7.98. The molecule has 0 unspecified atom stereocenters. The topological polar surface area (TPSA) is 0 Å². The Morgan fingerprint density at radius 1 is 0.955 bits per heavy atom. The normalized spacial score (nSPS) is 13.5. The van der Waals surface area contributed by atoms with Crippen LogP contribution in [0.15, 0.2) is 23.1 Å². The van der Waals surface area contributed by atoms with Gasteiger partial charge in [-0.3, -0.25) is 0 Å². The Hall–Kier alpha value is -1.49. The van der Waals surface area contributed by atoms with E-state index < -0.39 is 23.3 Å². The molecule has 1 aliphatic rings. The molecule has 0 aromatic heterocycles. The summed E-state index contributed by atoms with van der Waals surface area (Å²) in [4.78, 5) is 0.267. The van der Waals surface area contributed by atoms with E-state index in [9.17, 15) is 17.6 Å². The van der Waals surface area contributed by atoms with Crippen molar-refractivity contribution in [3.8, 4) is 0 Å². The van der Waals surface area contributed by atoms with Gasteiger partial charge in [0.25, 0.3) is 0 Å². The van der Waals surface area contributed by atoms with Crippen LogP contribution in [0.2, 0.25) is 0 Å². The van der Waals surface area contributed by atoms with Crippen LogP contribution in [-0.4, -0.2) is 0 Å². The molecule has 0 saturated carbocycles. The molecule has 0 fully saturated rings. The molecule has 2 aromatic carbocycles. The molecule has 0 heterocycles. The second-order valence-corrected chi connectivity index (χ2v) is 6.42. The summed E-state index contributed by atoms with van der Waals surface area (Å²) >= 11 is 1.12. The minimum Gasteiger partial charge on any atom is -0.204 e. The molecular formula is C17H14F4S. The standard InChI is InChI=1S/C17H14F4S/c1-9-11-3-2-4-12(11)15(20)16(21)17(9)22-8-10-5-6-13(18)14(19)7-10/h5-7H,2-4,8H2,1H3. The molecule has 1 aliphatic carbocycles. The first kappa shape index (κ1) is 15.4. The molecule has 5 heteroatoms. The van der Waals surface area contributed by atoms with Gasteiger partial charge in [-0.1, -0.05) is 6.07 Å². The Morgan fingerprint density at radius 3 is 2.41 bits per heavy atom. The zero-order chi connectivity index (χ0) is 15.9. The molecule has 0 bridgehead atoms. The quantitative estimate of drug-likeness (QED) is 0.542. The molecule has 0 spiro atoms. The molecule has 0 nitrogen and oxygen atoms in total. The third-order valence-corrected chi connectivity index (χ3v) is 5.29. The van der Waals surface area contributed by atoms with E-state index in [1.165, 1.54) is 6.07 Å². The van der Waals surface area contributed by atoms with Crippen LogP contribution in [0.5, 0.6) is 0 Å². The number of hydrogen-bond acceptors (Lipinski definition) is 1. The van der Waals surface area contributed by atoms with E-state index in [1.54, 1.807) is 6.92 Å². The van der Waals surface area contributed by atoms with Crippen LogP contribution >= 0.6 is 11.8 Å². The van der Waals surface area contributed by atoms with Crippen molar-refractivity contribution in [2.45, 2.75) is 36.8 Å². The van der Waals surface area contributed by atoms with E-state index in [4.69, 9.17) is 0 Å². The number of thioether (sulfide) groups is 1. The van der Waals surface area contributed by atoms with Gasteiger partial charge in [-0.05, 0) is 60.6 Å². The lowest BCUT2D eigenvalue weighted by molar-refractivity contribution is 0.482. The average Bonchev–Trinajstić information content (AvgIpc) is 2.98. The number of hydrogen-bond donors (Lipinski definition) is 0. The first-order chi connectivity index (χ1) is 10.5. The first-order valence-corrected chi connectivity index (χ1v) is 8.03. The highest BCUT2D eigenvalue weighted by atomic mass is 32.2. The van der Waals surface area contributed by atoms with Gasteiger partial charge in [0, 0.05) is 10.6 Å². The summed E-state index contributed by atoms with van der Waals surface area (Å²) < 4.78 is 54.4. The SMILES string of the molecule is Cc1c2c(c(F)c(F)c1SCc1ccc(F)c(F)c1)CCC2. The fourth-order valence-electron chi connectivity index (χ4n) is 2.89. The first-order valence-electron chi connectivity index (χ1n) is 7.05. The minimum absolute atomic E-state index is 0.257. The molecular weight excluding hydrogens is 312 g/mol. The third kappa shape index (κ3) is 2.62. The summed E-state index contributed by atoms with van der Waals surface area (Å²) in [6, 6.07) is 3.57. The third-order valence-electron chi connectivity index (χ3n) is 4.04. The number of benzene rings is 2. The number of rotatable bonds is 3. The summed E-state index contributed by atoms with van der Waals surface area (Å²) in [6.45, 7) is 1.79. The maximum atomic E-state index is 14.2. The minimum atomic E-state index is -0.935. The lowest BCUT2D eigenvalue weighted by atomic mass is 10.0. The molecule has 0 N–H and O–H groups in total. The lowest BCUT2D eigenvalue weighted by Gasteiger charge is -2.13. The zero-order valence-corrected chi connectivity index (χ0v) is 12.8. The molecule has 0 radical (unpaired) electrons. The van der Waals surface area contributed by atoms with Gasteiger partial charge < -0.3 is 0 Å². The van der Waals surface area contributed by atoms with E-state index in [0.717, 1.165) is 47.9 Å². The summed E-state index contributed by atoms with van der Waals surface area (Å²) in [6.07, 6.45) is 2.17. The maximum absolute atomic E-state index is 14.2. The van der Waals surface area contributed by atoms with E-state index in [0.29, 0.717) is 17.5 Å². The van der Waals surface area contributed by atoms with Crippen molar-refractivity contribution in [3.05, 3.63) is 63.7 Å². The van der Waals surface area contributed by atoms with Gasteiger partial charge in [0.15, 0.2) is 23.3 Å². The Kier molecular flexibility index (Phi) is 4.17. The maximum Gasteiger partial charge on any atom is 0.172 e. The van der Waals surface area contributed by atoms with E-state index in [1.807, 2.05) is 0 Å². The van der Waals surface area contributed by atoms with E-state index in [2.05, 4.69) is 0 Å². The van der Waals surface area contributed by atoms with Gasteiger partial charge in [-0.25, -0.2) is 17.6 Å². The van der Waals surface area contributed by atoms with Crippen molar-refractivity contribution in [2.75, 3.05) is 0 Å². The average molecular weight is 326 g/mol. The van der Waals surface area contributed by atoms with Crippen molar-refractivity contribution in [3.63, 3.8) is 0 Å². The van der Waals surface area contributed by atoms with Crippen LogP contribution in [-0.2, 0) is 18.6 Å². The number of halogens is 4. The Morgan fingerprint density at radius 2 is 1.68 bits per heavy atom. The van der Waals surface area contributed by atoms with Gasteiger partial charge >= 0.3 is 0 Å². The lowest BCUT2D eigenvalue weighted by Crippen LogP contribution is -2.01. The van der Waals surface area contributed by atoms with Crippen LogP contribution in [0, 0.1) is 30.2 Å². The molecule has 3 rings (SSSR count). The van der Waals surface area contributed by atoms with Crippen LogP contribution in [0.3, 0.4) is 0 Å². The van der Waals surface area contributed by atoms with Crippen LogP contribution in [0.25, 0.3) is 0 Å². The fourth-order valence-corrected chi connectivity index (χ4v) is 3.94. The van der Waals surface area contributed by atoms with Gasteiger partial charge in [-0.2, -0.15) is 0 Å². The molecule has 0 amide bonds. The van der Waals surface area contributed by atoms with Gasteiger partial charge in [-0.15, -0.1) is 11.8 Å². The fraction of sp³-hybridized carbons (Fsp3) is 0.294. The molecule has 2 aromatic rings. The molecule has 0 atom stereocenters. The smallest absolute Gasteiger partial charge is 0.172 e. The largest absolute Gasteiger partial charge is 0.204 e. The second-order valence-electron chi connectivity index (χ2n) is 5.43. The molecule has 22 heavy (non-hydrogen) atoms. The second kappa shape index (κ2) is 5.95. The van der Waals surface area contributed by atoms with Crippen molar-refractivity contribution in [1.82, 2.24) is 0 Å². The summed E-state index contributed by atoms with van der Waals surface area (Å²) in [7, 11) is 0.